The van der Waals surface area contributed by atoms with Gasteiger partial charge in [-0.15, -0.1) is 0 Å². The Hall–Kier alpha value is -3.15. The minimum atomic E-state index is -0.152. The molecule has 0 saturated carbocycles. The number of fused-ring (bicyclic) bond motifs is 1. The quantitative estimate of drug-likeness (QED) is 0.692. The molecule has 0 spiro atoms. The number of nitrogens with one attached hydrogen (secondary N) is 3. The zero-order valence-electron chi connectivity index (χ0n) is 12.6. The first-order valence-corrected chi connectivity index (χ1v) is 7.20. The van der Waals surface area contributed by atoms with Crippen LogP contribution >= 0.6 is 0 Å². The van der Waals surface area contributed by atoms with E-state index in [-0.39, 0.29) is 18.2 Å². The third-order valence-electron chi connectivity index (χ3n) is 3.32. The SMILES string of the molecule is CC(=O)Nc1cccc(NC(=O)Cc2ccc3nc[nH]c3c2)c1. The van der Waals surface area contributed by atoms with Gasteiger partial charge in [0.05, 0.1) is 23.8 Å². The highest BCUT2D eigenvalue weighted by Crippen LogP contribution is 2.16. The Morgan fingerprint density at radius 2 is 1.87 bits per heavy atom. The molecule has 0 bridgehead atoms. The maximum Gasteiger partial charge on any atom is 0.228 e. The van der Waals surface area contributed by atoms with E-state index >= 15 is 0 Å². The lowest BCUT2D eigenvalue weighted by molar-refractivity contribution is -0.115. The first-order chi connectivity index (χ1) is 11.1. The highest BCUT2D eigenvalue weighted by Gasteiger charge is 2.06. The molecule has 0 aliphatic carbocycles. The van der Waals surface area contributed by atoms with Crippen LogP contribution in [0.5, 0.6) is 0 Å². The van der Waals surface area contributed by atoms with E-state index in [0.717, 1.165) is 16.6 Å². The molecule has 0 fully saturated rings. The number of rotatable bonds is 4. The summed E-state index contributed by atoms with van der Waals surface area (Å²) in [7, 11) is 0. The fourth-order valence-electron chi connectivity index (χ4n) is 2.36. The van der Waals surface area contributed by atoms with Crippen LogP contribution in [0.1, 0.15) is 12.5 Å². The van der Waals surface area contributed by atoms with E-state index in [1.807, 2.05) is 18.2 Å². The molecule has 6 nitrogen and oxygen atoms in total. The number of imidazole rings is 1. The van der Waals surface area contributed by atoms with Crippen LogP contribution in [0.2, 0.25) is 0 Å². The summed E-state index contributed by atoms with van der Waals surface area (Å²) in [6, 6.07) is 12.7. The maximum atomic E-state index is 12.2. The zero-order chi connectivity index (χ0) is 16.2. The van der Waals surface area contributed by atoms with Crippen LogP contribution in [-0.4, -0.2) is 21.8 Å². The minimum absolute atomic E-state index is 0.121. The molecule has 6 heteroatoms. The van der Waals surface area contributed by atoms with Crippen LogP contribution in [0, 0.1) is 0 Å². The van der Waals surface area contributed by atoms with E-state index in [1.165, 1.54) is 6.92 Å². The molecule has 0 unspecified atom stereocenters. The fraction of sp³-hybridized carbons (Fsp3) is 0.118. The number of anilines is 2. The van der Waals surface area contributed by atoms with E-state index in [4.69, 9.17) is 0 Å². The van der Waals surface area contributed by atoms with Gasteiger partial charge < -0.3 is 15.6 Å². The van der Waals surface area contributed by atoms with Crippen LogP contribution in [0.25, 0.3) is 11.0 Å². The monoisotopic (exact) mass is 308 g/mol. The minimum Gasteiger partial charge on any atom is -0.345 e. The van der Waals surface area contributed by atoms with Gasteiger partial charge in [-0.2, -0.15) is 0 Å². The van der Waals surface area contributed by atoms with Crippen molar-refractivity contribution in [2.24, 2.45) is 0 Å². The van der Waals surface area contributed by atoms with Crippen LogP contribution in [0.15, 0.2) is 48.8 Å². The first-order valence-electron chi connectivity index (χ1n) is 7.20. The summed E-state index contributed by atoms with van der Waals surface area (Å²) in [6.07, 6.45) is 1.89. The highest BCUT2D eigenvalue weighted by atomic mass is 16.2. The van der Waals surface area contributed by atoms with Crippen LogP contribution in [0.3, 0.4) is 0 Å². The highest BCUT2D eigenvalue weighted by molar-refractivity contribution is 5.94. The van der Waals surface area contributed by atoms with Gasteiger partial charge in [-0.3, -0.25) is 9.59 Å². The Kier molecular flexibility index (Phi) is 4.05. The molecular weight excluding hydrogens is 292 g/mol. The maximum absolute atomic E-state index is 12.2. The molecule has 0 saturated heterocycles. The predicted octanol–water partition coefficient (Wildman–Crippen LogP) is 2.70. The molecule has 2 aromatic carbocycles. The lowest BCUT2D eigenvalue weighted by atomic mass is 10.1. The van der Waals surface area contributed by atoms with Crippen molar-refractivity contribution < 1.29 is 9.59 Å². The standard InChI is InChI=1S/C17H16N4O2/c1-11(22)20-13-3-2-4-14(9-13)21-17(23)8-12-5-6-15-16(7-12)19-10-18-15/h2-7,9-10H,8H2,1H3,(H,18,19)(H,20,22)(H,21,23). The molecular formula is C17H16N4O2. The van der Waals surface area contributed by atoms with Gasteiger partial charge in [-0.1, -0.05) is 12.1 Å². The van der Waals surface area contributed by atoms with Crippen molar-refractivity contribution in [1.82, 2.24) is 9.97 Å². The molecule has 0 aliphatic heterocycles. The molecule has 0 aliphatic rings. The van der Waals surface area contributed by atoms with Crippen LogP contribution < -0.4 is 10.6 Å². The van der Waals surface area contributed by atoms with Gasteiger partial charge in [-0.05, 0) is 35.9 Å². The van der Waals surface area contributed by atoms with E-state index in [9.17, 15) is 9.59 Å². The number of H-pyrrole nitrogens is 1. The van der Waals surface area contributed by atoms with Crippen molar-refractivity contribution >= 4 is 34.2 Å². The lowest BCUT2D eigenvalue weighted by Crippen LogP contribution is -2.14. The third-order valence-corrected chi connectivity index (χ3v) is 3.32. The summed E-state index contributed by atoms with van der Waals surface area (Å²) in [5.74, 6) is -0.273. The van der Waals surface area contributed by atoms with Gasteiger partial charge in [0, 0.05) is 18.3 Å². The molecule has 23 heavy (non-hydrogen) atoms. The molecule has 0 radical (unpaired) electrons. The topological polar surface area (TPSA) is 86.9 Å². The number of aromatic nitrogens is 2. The molecule has 3 aromatic rings. The second-order valence-electron chi connectivity index (χ2n) is 5.24. The lowest BCUT2D eigenvalue weighted by Gasteiger charge is -2.08. The third kappa shape index (κ3) is 3.74. The molecule has 3 N–H and O–H groups in total. The normalized spacial score (nSPS) is 10.5. The summed E-state index contributed by atoms with van der Waals surface area (Å²) in [5.41, 5.74) is 3.97. The summed E-state index contributed by atoms with van der Waals surface area (Å²) in [4.78, 5) is 30.4. The van der Waals surface area contributed by atoms with Crippen molar-refractivity contribution in [2.75, 3.05) is 10.6 Å². The second kappa shape index (κ2) is 6.31. The number of nitrogens with zero attached hydrogens (tertiary/aromatic N) is 1. The van der Waals surface area contributed by atoms with Gasteiger partial charge in [0.2, 0.25) is 11.8 Å². The molecule has 1 aromatic heterocycles. The Labute approximate surface area is 132 Å². The largest absolute Gasteiger partial charge is 0.345 e. The number of carbonyl (C=O) groups excluding carboxylic acids is 2. The molecule has 2 amide bonds. The summed E-state index contributed by atoms with van der Waals surface area (Å²) in [6.45, 7) is 1.44. The van der Waals surface area contributed by atoms with E-state index < -0.39 is 0 Å². The molecule has 0 atom stereocenters. The predicted molar refractivity (Wildman–Crippen MR) is 89.2 cm³/mol. The molecule has 116 valence electrons. The average Bonchev–Trinajstić information content (AvgIpc) is 2.94. The van der Waals surface area contributed by atoms with Gasteiger partial charge >= 0.3 is 0 Å². The Balaban J connectivity index is 1.67. The Bertz CT molecular complexity index is 870. The summed E-state index contributed by atoms with van der Waals surface area (Å²) < 4.78 is 0. The number of hydrogen-bond acceptors (Lipinski definition) is 3. The summed E-state index contributed by atoms with van der Waals surface area (Å²) in [5, 5.41) is 5.51. The van der Waals surface area contributed by atoms with E-state index in [0.29, 0.717) is 11.4 Å². The van der Waals surface area contributed by atoms with Crippen LogP contribution in [-0.2, 0) is 16.0 Å². The van der Waals surface area contributed by atoms with Crippen molar-refractivity contribution in [2.45, 2.75) is 13.3 Å². The second-order valence-corrected chi connectivity index (χ2v) is 5.24. The summed E-state index contributed by atoms with van der Waals surface area (Å²) >= 11 is 0. The van der Waals surface area contributed by atoms with E-state index in [2.05, 4.69) is 20.6 Å². The number of carbonyl (C=O) groups is 2. The Morgan fingerprint density at radius 3 is 2.65 bits per heavy atom. The van der Waals surface area contributed by atoms with Gasteiger partial charge in [0.15, 0.2) is 0 Å². The smallest absolute Gasteiger partial charge is 0.228 e. The van der Waals surface area contributed by atoms with Crippen molar-refractivity contribution in [3.63, 3.8) is 0 Å². The first kappa shape index (κ1) is 14.8. The van der Waals surface area contributed by atoms with Crippen LogP contribution in [0.4, 0.5) is 11.4 Å². The molecule has 1 heterocycles. The number of amides is 2. The number of benzene rings is 2. The van der Waals surface area contributed by atoms with Gasteiger partial charge in [-0.25, -0.2) is 4.98 Å². The van der Waals surface area contributed by atoms with Gasteiger partial charge in [0.1, 0.15) is 0 Å². The van der Waals surface area contributed by atoms with Crippen molar-refractivity contribution in [1.29, 1.82) is 0 Å². The van der Waals surface area contributed by atoms with Crippen molar-refractivity contribution in [3.8, 4) is 0 Å². The molecule has 3 rings (SSSR count). The fourth-order valence-corrected chi connectivity index (χ4v) is 2.36. The van der Waals surface area contributed by atoms with E-state index in [1.54, 1.807) is 30.6 Å². The number of aromatic amines is 1. The zero-order valence-corrected chi connectivity index (χ0v) is 12.6. The number of hydrogen-bond donors (Lipinski definition) is 3. The Morgan fingerprint density at radius 1 is 1.09 bits per heavy atom. The average molecular weight is 308 g/mol. The van der Waals surface area contributed by atoms with Crippen molar-refractivity contribution in [3.05, 3.63) is 54.4 Å². The van der Waals surface area contributed by atoms with Gasteiger partial charge in [0.25, 0.3) is 0 Å².